The second-order valence-corrected chi connectivity index (χ2v) is 5.13. The summed E-state index contributed by atoms with van der Waals surface area (Å²) in [5.74, 6) is 0.910. The molecule has 2 rings (SSSR count). The van der Waals surface area contributed by atoms with Crippen LogP contribution in [0.25, 0.3) is 0 Å². The fourth-order valence-electron chi connectivity index (χ4n) is 2.13. The molecule has 0 aliphatic carbocycles. The van der Waals surface area contributed by atoms with Gasteiger partial charge in [-0.1, -0.05) is 18.6 Å². The first kappa shape index (κ1) is 13.8. The maximum atomic E-state index is 12.0. The lowest BCUT2D eigenvalue weighted by atomic mass is 10.2. The lowest BCUT2D eigenvalue weighted by molar-refractivity contribution is -0.118. The van der Waals surface area contributed by atoms with Crippen molar-refractivity contribution in [3.8, 4) is 5.75 Å². The Morgan fingerprint density at radius 3 is 2.68 bits per heavy atom. The summed E-state index contributed by atoms with van der Waals surface area (Å²) in [5, 5.41) is 0. The molecule has 0 radical (unpaired) electrons. The van der Waals surface area contributed by atoms with Gasteiger partial charge in [0.15, 0.2) is 0 Å². The van der Waals surface area contributed by atoms with Crippen molar-refractivity contribution in [2.75, 3.05) is 18.1 Å². The highest BCUT2D eigenvalue weighted by Crippen LogP contribution is 2.23. The molecular weight excluding hydrogens is 260 g/mol. The van der Waals surface area contributed by atoms with E-state index in [0.717, 1.165) is 31.5 Å². The standard InChI is InChI=1S/C14H18N2O2S/c15-13(19)10-18-12-7-5-11(6-8-12)16-9-3-1-2-4-14(16)17/h5-8H,1-4,9-10H2,(H2,15,19). The zero-order valence-electron chi connectivity index (χ0n) is 10.8. The Morgan fingerprint density at radius 1 is 1.26 bits per heavy atom. The molecule has 1 fully saturated rings. The van der Waals surface area contributed by atoms with Gasteiger partial charge < -0.3 is 15.4 Å². The molecule has 0 atom stereocenters. The van der Waals surface area contributed by atoms with Gasteiger partial charge in [0.1, 0.15) is 17.3 Å². The van der Waals surface area contributed by atoms with Crippen LogP contribution in [0.2, 0.25) is 0 Å². The number of amides is 1. The van der Waals surface area contributed by atoms with Gasteiger partial charge in [-0.15, -0.1) is 0 Å². The third-order valence-corrected chi connectivity index (χ3v) is 3.22. The molecule has 1 heterocycles. The lowest BCUT2D eigenvalue weighted by Crippen LogP contribution is -2.29. The van der Waals surface area contributed by atoms with Crippen LogP contribution in [0.4, 0.5) is 5.69 Å². The maximum Gasteiger partial charge on any atom is 0.226 e. The van der Waals surface area contributed by atoms with Crippen LogP contribution < -0.4 is 15.4 Å². The fourth-order valence-corrected chi connectivity index (χ4v) is 2.19. The van der Waals surface area contributed by atoms with E-state index in [4.69, 9.17) is 22.7 Å². The smallest absolute Gasteiger partial charge is 0.226 e. The minimum atomic E-state index is 0.203. The topological polar surface area (TPSA) is 55.6 Å². The second kappa shape index (κ2) is 6.52. The van der Waals surface area contributed by atoms with Crippen molar-refractivity contribution in [1.29, 1.82) is 0 Å². The average Bonchev–Trinajstić information content (AvgIpc) is 2.62. The van der Waals surface area contributed by atoms with Gasteiger partial charge >= 0.3 is 0 Å². The summed E-state index contributed by atoms with van der Waals surface area (Å²) in [6.07, 6.45) is 3.81. The Morgan fingerprint density at radius 2 is 2.00 bits per heavy atom. The van der Waals surface area contributed by atoms with Crippen LogP contribution in [-0.4, -0.2) is 24.0 Å². The van der Waals surface area contributed by atoms with E-state index >= 15 is 0 Å². The molecule has 0 aromatic heterocycles. The molecule has 1 aliphatic heterocycles. The van der Waals surface area contributed by atoms with E-state index in [9.17, 15) is 4.79 Å². The summed E-state index contributed by atoms with van der Waals surface area (Å²) in [6.45, 7) is 1.03. The zero-order chi connectivity index (χ0) is 13.7. The van der Waals surface area contributed by atoms with Crippen LogP contribution in [-0.2, 0) is 4.79 Å². The number of nitrogens with two attached hydrogens (primary N) is 1. The first-order chi connectivity index (χ1) is 9.16. The zero-order valence-corrected chi connectivity index (χ0v) is 11.6. The van der Waals surface area contributed by atoms with Crippen LogP contribution in [0, 0.1) is 0 Å². The molecule has 19 heavy (non-hydrogen) atoms. The van der Waals surface area contributed by atoms with Crippen LogP contribution in [0.1, 0.15) is 25.7 Å². The molecule has 4 nitrogen and oxygen atoms in total. The molecule has 1 saturated heterocycles. The Bertz CT molecular complexity index is 459. The molecule has 1 aromatic carbocycles. The monoisotopic (exact) mass is 278 g/mol. The van der Waals surface area contributed by atoms with Gasteiger partial charge in [-0.25, -0.2) is 0 Å². The van der Waals surface area contributed by atoms with Crippen molar-refractivity contribution in [1.82, 2.24) is 0 Å². The number of carbonyl (C=O) groups is 1. The van der Waals surface area contributed by atoms with Gasteiger partial charge in [0.25, 0.3) is 0 Å². The van der Waals surface area contributed by atoms with E-state index < -0.39 is 0 Å². The normalized spacial score (nSPS) is 16.0. The first-order valence-corrected chi connectivity index (χ1v) is 6.89. The van der Waals surface area contributed by atoms with E-state index in [0.29, 0.717) is 17.2 Å². The molecule has 0 spiro atoms. The summed E-state index contributed by atoms with van der Waals surface area (Å²) in [7, 11) is 0. The summed E-state index contributed by atoms with van der Waals surface area (Å²) in [4.78, 5) is 14.2. The number of thiocarbonyl (C=S) groups is 1. The molecule has 0 saturated carbocycles. The van der Waals surface area contributed by atoms with Gasteiger partial charge in [-0.2, -0.15) is 0 Å². The molecular formula is C14H18N2O2S. The van der Waals surface area contributed by atoms with E-state index in [-0.39, 0.29) is 12.5 Å². The van der Waals surface area contributed by atoms with Crippen LogP contribution >= 0.6 is 12.2 Å². The number of hydrogen-bond acceptors (Lipinski definition) is 3. The number of rotatable bonds is 4. The first-order valence-electron chi connectivity index (χ1n) is 6.48. The highest BCUT2D eigenvalue weighted by atomic mass is 32.1. The van der Waals surface area contributed by atoms with Gasteiger partial charge in [0.05, 0.1) is 0 Å². The molecule has 102 valence electrons. The van der Waals surface area contributed by atoms with Crippen molar-refractivity contribution >= 4 is 28.8 Å². The number of hydrogen-bond donors (Lipinski definition) is 1. The minimum absolute atomic E-state index is 0.203. The fraction of sp³-hybridized carbons (Fsp3) is 0.429. The van der Waals surface area contributed by atoms with E-state index in [1.54, 1.807) is 0 Å². The number of ether oxygens (including phenoxy) is 1. The largest absolute Gasteiger partial charge is 0.487 e. The SMILES string of the molecule is NC(=S)COc1ccc(N2CCCCCC2=O)cc1. The quantitative estimate of drug-likeness (QED) is 0.858. The molecule has 1 aliphatic rings. The third-order valence-electron chi connectivity index (χ3n) is 3.10. The Labute approximate surface area is 118 Å². The predicted octanol–water partition coefficient (Wildman–Crippen LogP) is 2.26. The molecule has 5 heteroatoms. The van der Waals surface area contributed by atoms with Gasteiger partial charge in [0, 0.05) is 18.7 Å². The third kappa shape index (κ3) is 3.92. The molecule has 0 bridgehead atoms. The van der Waals surface area contributed by atoms with Crippen molar-refractivity contribution in [2.45, 2.75) is 25.7 Å². The lowest BCUT2D eigenvalue weighted by Gasteiger charge is -2.20. The average molecular weight is 278 g/mol. The summed E-state index contributed by atoms with van der Waals surface area (Å²) in [5.41, 5.74) is 6.30. The van der Waals surface area contributed by atoms with Gasteiger partial charge in [-0.3, -0.25) is 4.79 Å². The van der Waals surface area contributed by atoms with Crippen molar-refractivity contribution < 1.29 is 9.53 Å². The van der Waals surface area contributed by atoms with Gasteiger partial charge in [-0.05, 0) is 37.1 Å². The molecule has 2 N–H and O–H groups in total. The van der Waals surface area contributed by atoms with Gasteiger partial charge in [0.2, 0.25) is 5.91 Å². The highest BCUT2D eigenvalue weighted by Gasteiger charge is 2.17. The predicted molar refractivity (Wildman–Crippen MR) is 79.5 cm³/mol. The van der Waals surface area contributed by atoms with Crippen LogP contribution in [0.3, 0.4) is 0 Å². The van der Waals surface area contributed by atoms with E-state index in [2.05, 4.69) is 0 Å². The molecule has 1 aromatic rings. The van der Waals surface area contributed by atoms with Crippen molar-refractivity contribution in [3.63, 3.8) is 0 Å². The summed E-state index contributed by atoms with van der Waals surface area (Å²) < 4.78 is 5.39. The number of carbonyl (C=O) groups excluding carboxylic acids is 1. The Hall–Kier alpha value is -1.62. The summed E-state index contributed by atoms with van der Waals surface area (Å²) >= 11 is 4.75. The Kier molecular flexibility index (Phi) is 4.74. The van der Waals surface area contributed by atoms with E-state index in [1.807, 2.05) is 29.2 Å². The number of anilines is 1. The maximum absolute atomic E-state index is 12.0. The molecule has 0 unspecified atom stereocenters. The molecule has 1 amide bonds. The second-order valence-electron chi connectivity index (χ2n) is 4.60. The minimum Gasteiger partial charge on any atom is -0.487 e. The number of benzene rings is 1. The van der Waals surface area contributed by atoms with Crippen molar-refractivity contribution in [3.05, 3.63) is 24.3 Å². The van der Waals surface area contributed by atoms with Crippen molar-refractivity contribution in [2.24, 2.45) is 5.73 Å². The van der Waals surface area contributed by atoms with Crippen LogP contribution in [0.5, 0.6) is 5.75 Å². The summed E-state index contributed by atoms with van der Waals surface area (Å²) in [6, 6.07) is 7.48. The van der Waals surface area contributed by atoms with E-state index in [1.165, 1.54) is 0 Å². The highest BCUT2D eigenvalue weighted by molar-refractivity contribution is 7.80. The number of nitrogens with zero attached hydrogens (tertiary/aromatic N) is 1. The van der Waals surface area contributed by atoms with Crippen LogP contribution in [0.15, 0.2) is 24.3 Å². The Balaban J connectivity index is 2.04.